The molecule has 0 aromatic heterocycles. The summed E-state index contributed by atoms with van der Waals surface area (Å²) in [5.41, 5.74) is 4.63. The molecule has 0 saturated heterocycles. The Labute approximate surface area is 99.1 Å². The number of nitrogens with one attached hydrogen (secondary N) is 1. The molecule has 0 bridgehead atoms. The molecule has 1 aliphatic rings. The normalized spacial score (nSPS) is 18.4. The van der Waals surface area contributed by atoms with Gasteiger partial charge in [0.05, 0.1) is 5.69 Å². The maximum absolute atomic E-state index is 3.47. The number of hydrogen-bond acceptors (Lipinski definition) is 4. The molecule has 80 valence electrons. The number of benzene rings is 1. The third-order valence-corrected chi connectivity index (χ3v) is 5.03. The molecule has 0 saturated carbocycles. The quantitative estimate of drug-likeness (QED) is 0.814. The molecule has 1 aromatic carbocycles. The highest BCUT2D eigenvalue weighted by atomic mass is 32.2. The van der Waals surface area contributed by atoms with Crippen molar-refractivity contribution in [2.75, 3.05) is 17.5 Å². The molecule has 0 radical (unpaired) electrons. The van der Waals surface area contributed by atoms with Crippen LogP contribution < -0.4 is 10.4 Å². The van der Waals surface area contributed by atoms with Gasteiger partial charge in [0.25, 0.3) is 0 Å². The molecule has 1 aromatic rings. The van der Waals surface area contributed by atoms with Gasteiger partial charge in [-0.05, 0) is 30.7 Å². The average Bonchev–Trinajstić information content (AvgIpc) is 2.75. The molecule has 4 heteroatoms. The Hall–Kier alpha value is -0.580. The van der Waals surface area contributed by atoms with Gasteiger partial charge in [0.15, 0.2) is 0 Å². The fourth-order valence-electron chi connectivity index (χ4n) is 1.47. The SMILES string of the molecule is CSC1(SC)C=CN(c2ccccc2)N1. The zero-order chi connectivity index (χ0) is 10.7. The highest BCUT2D eigenvalue weighted by molar-refractivity contribution is 8.17. The minimum absolute atomic E-state index is 0.0180. The lowest BCUT2D eigenvalue weighted by molar-refractivity contribution is 0.746. The summed E-state index contributed by atoms with van der Waals surface area (Å²) in [6.45, 7) is 0. The van der Waals surface area contributed by atoms with E-state index in [0.717, 1.165) is 0 Å². The lowest BCUT2D eigenvalue weighted by Gasteiger charge is -2.27. The molecule has 0 spiro atoms. The summed E-state index contributed by atoms with van der Waals surface area (Å²) in [6.07, 6.45) is 8.50. The first-order chi connectivity index (χ1) is 7.29. The van der Waals surface area contributed by atoms with Crippen LogP contribution in [-0.2, 0) is 0 Å². The highest BCUT2D eigenvalue weighted by Crippen LogP contribution is 2.37. The van der Waals surface area contributed by atoms with E-state index in [9.17, 15) is 0 Å². The summed E-state index contributed by atoms with van der Waals surface area (Å²) in [6, 6.07) is 10.3. The Morgan fingerprint density at radius 3 is 2.33 bits per heavy atom. The minimum Gasteiger partial charge on any atom is -0.282 e. The van der Waals surface area contributed by atoms with Crippen LogP contribution in [0.5, 0.6) is 0 Å². The Morgan fingerprint density at radius 1 is 1.13 bits per heavy atom. The second-order valence-corrected chi connectivity index (χ2v) is 5.57. The number of hydrazine groups is 1. The maximum Gasteiger partial charge on any atom is 0.148 e. The van der Waals surface area contributed by atoms with Crippen LogP contribution in [0, 0.1) is 0 Å². The van der Waals surface area contributed by atoms with Crippen molar-refractivity contribution in [1.29, 1.82) is 0 Å². The van der Waals surface area contributed by atoms with Gasteiger partial charge in [-0.15, -0.1) is 23.5 Å². The van der Waals surface area contributed by atoms with E-state index in [1.807, 2.05) is 18.2 Å². The third kappa shape index (κ3) is 2.17. The van der Waals surface area contributed by atoms with Gasteiger partial charge >= 0.3 is 0 Å². The molecule has 0 amide bonds. The molecule has 0 fully saturated rings. The Balaban J connectivity index is 2.15. The van der Waals surface area contributed by atoms with Crippen LogP contribution in [0.2, 0.25) is 0 Å². The van der Waals surface area contributed by atoms with Crippen molar-refractivity contribution < 1.29 is 0 Å². The summed E-state index contributed by atoms with van der Waals surface area (Å²) >= 11 is 3.60. The fraction of sp³-hybridized carbons (Fsp3) is 0.273. The molecule has 2 nitrogen and oxygen atoms in total. The third-order valence-electron chi connectivity index (χ3n) is 2.36. The van der Waals surface area contributed by atoms with Crippen LogP contribution in [0.4, 0.5) is 5.69 Å². The molecule has 0 unspecified atom stereocenters. The van der Waals surface area contributed by atoms with Gasteiger partial charge in [-0.25, -0.2) is 5.43 Å². The van der Waals surface area contributed by atoms with Crippen molar-refractivity contribution in [3.63, 3.8) is 0 Å². The number of para-hydroxylation sites is 1. The standard InChI is InChI=1S/C11H14N2S2/c1-14-11(15-2)8-9-13(12-11)10-6-4-3-5-7-10/h3-9,12H,1-2H3. The van der Waals surface area contributed by atoms with Gasteiger partial charge in [-0.2, -0.15) is 0 Å². The zero-order valence-electron chi connectivity index (χ0n) is 8.81. The van der Waals surface area contributed by atoms with Gasteiger partial charge in [-0.1, -0.05) is 18.2 Å². The van der Waals surface area contributed by atoms with E-state index in [1.54, 1.807) is 23.5 Å². The van der Waals surface area contributed by atoms with Crippen LogP contribution in [0.3, 0.4) is 0 Å². The smallest absolute Gasteiger partial charge is 0.148 e. The fourth-order valence-corrected chi connectivity index (χ4v) is 2.90. The molecule has 2 rings (SSSR count). The van der Waals surface area contributed by atoms with Crippen molar-refractivity contribution in [2.45, 2.75) is 4.20 Å². The van der Waals surface area contributed by atoms with Gasteiger partial charge in [0.2, 0.25) is 0 Å². The molecule has 15 heavy (non-hydrogen) atoms. The monoisotopic (exact) mass is 238 g/mol. The maximum atomic E-state index is 3.47. The van der Waals surface area contributed by atoms with Crippen LogP contribution >= 0.6 is 23.5 Å². The minimum atomic E-state index is -0.0180. The average molecular weight is 238 g/mol. The summed E-state index contributed by atoms with van der Waals surface area (Å²) in [5, 5.41) is 2.06. The first-order valence-corrected chi connectivity index (χ1v) is 7.16. The second kappa shape index (κ2) is 4.51. The van der Waals surface area contributed by atoms with Gasteiger partial charge in [0, 0.05) is 6.20 Å². The summed E-state index contributed by atoms with van der Waals surface area (Å²) in [4.78, 5) is 0. The molecular formula is C11H14N2S2. The molecule has 1 N–H and O–H groups in total. The lowest BCUT2D eigenvalue weighted by atomic mass is 10.3. The number of hydrogen-bond donors (Lipinski definition) is 1. The molecular weight excluding hydrogens is 224 g/mol. The first kappa shape index (κ1) is 10.9. The Morgan fingerprint density at radius 2 is 1.80 bits per heavy atom. The highest BCUT2D eigenvalue weighted by Gasteiger charge is 2.31. The van der Waals surface area contributed by atoms with Crippen LogP contribution in [0.25, 0.3) is 0 Å². The summed E-state index contributed by atoms with van der Waals surface area (Å²) in [7, 11) is 0. The summed E-state index contributed by atoms with van der Waals surface area (Å²) < 4.78 is -0.0180. The molecule has 0 aliphatic carbocycles. The number of rotatable bonds is 3. The van der Waals surface area contributed by atoms with Crippen molar-refractivity contribution in [3.8, 4) is 0 Å². The largest absolute Gasteiger partial charge is 0.282 e. The van der Waals surface area contributed by atoms with Crippen LogP contribution in [-0.4, -0.2) is 16.7 Å². The molecule has 1 aliphatic heterocycles. The van der Waals surface area contributed by atoms with Gasteiger partial charge < -0.3 is 0 Å². The van der Waals surface area contributed by atoms with E-state index >= 15 is 0 Å². The van der Waals surface area contributed by atoms with Crippen LogP contribution in [0.1, 0.15) is 0 Å². The van der Waals surface area contributed by atoms with E-state index in [1.165, 1.54) is 5.69 Å². The van der Waals surface area contributed by atoms with Gasteiger partial charge in [-0.3, -0.25) is 5.01 Å². The van der Waals surface area contributed by atoms with Crippen molar-refractivity contribution in [3.05, 3.63) is 42.6 Å². The zero-order valence-corrected chi connectivity index (χ0v) is 10.4. The van der Waals surface area contributed by atoms with Crippen LogP contribution in [0.15, 0.2) is 42.6 Å². The second-order valence-electron chi connectivity index (χ2n) is 3.21. The van der Waals surface area contributed by atoms with E-state index < -0.39 is 0 Å². The predicted octanol–water partition coefficient (Wildman–Crippen LogP) is 2.90. The lowest BCUT2D eigenvalue weighted by Crippen LogP contribution is -2.41. The molecule has 0 atom stereocenters. The van der Waals surface area contributed by atoms with E-state index in [0.29, 0.717) is 0 Å². The number of thioether (sulfide) groups is 2. The van der Waals surface area contributed by atoms with Crippen molar-refractivity contribution in [2.24, 2.45) is 0 Å². The van der Waals surface area contributed by atoms with E-state index in [2.05, 4.69) is 47.4 Å². The summed E-state index contributed by atoms with van der Waals surface area (Å²) in [5.74, 6) is 0. The Kier molecular flexibility index (Phi) is 3.29. The topological polar surface area (TPSA) is 15.3 Å². The first-order valence-electron chi connectivity index (χ1n) is 4.71. The Bertz CT molecular complexity index is 347. The van der Waals surface area contributed by atoms with E-state index in [4.69, 9.17) is 0 Å². The van der Waals surface area contributed by atoms with Crippen molar-refractivity contribution >= 4 is 29.2 Å². The number of nitrogens with zero attached hydrogens (tertiary/aromatic N) is 1. The van der Waals surface area contributed by atoms with Crippen molar-refractivity contribution in [1.82, 2.24) is 5.43 Å². The molecule has 1 heterocycles. The van der Waals surface area contributed by atoms with Gasteiger partial charge in [0.1, 0.15) is 4.20 Å². The number of anilines is 1. The predicted molar refractivity (Wildman–Crippen MR) is 71.0 cm³/mol. The van der Waals surface area contributed by atoms with E-state index in [-0.39, 0.29) is 4.20 Å².